The maximum Gasteiger partial charge on any atom is 0.319 e. The van der Waals surface area contributed by atoms with E-state index in [1.807, 2.05) is 61.2 Å². The van der Waals surface area contributed by atoms with Crippen LogP contribution >= 0.6 is 0 Å². The van der Waals surface area contributed by atoms with E-state index in [9.17, 15) is 9.59 Å². The number of benzene rings is 2. The number of urea groups is 1. The van der Waals surface area contributed by atoms with Crippen molar-refractivity contribution in [3.05, 3.63) is 53.6 Å². The molecule has 3 N–H and O–H groups in total. The van der Waals surface area contributed by atoms with Gasteiger partial charge in [-0.25, -0.2) is 4.79 Å². The van der Waals surface area contributed by atoms with Crippen LogP contribution < -0.4 is 25.6 Å². The number of piperazine rings is 1. The Morgan fingerprint density at radius 3 is 2.71 bits per heavy atom. The molecule has 2 aromatic carbocycles. The zero-order chi connectivity index (χ0) is 19.9. The topological polar surface area (TPSA) is 82.7 Å². The Morgan fingerprint density at radius 2 is 2.00 bits per heavy atom. The first kappa shape index (κ1) is 19.5. The SMILES string of the molecule is CCOc1cc(C)ccc1NC(=O)NCc1ccc(N2CCNC(=O)C2)cc1. The number of nitrogens with zero attached hydrogens (tertiary/aromatic N) is 1. The molecule has 3 rings (SSSR count). The minimum absolute atomic E-state index is 0.0381. The predicted molar refractivity (Wildman–Crippen MR) is 110 cm³/mol. The Morgan fingerprint density at radius 1 is 1.21 bits per heavy atom. The smallest absolute Gasteiger partial charge is 0.319 e. The van der Waals surface area contributed by atoms with E-state index in [0.29, 0.717) is 37.7 Å². The van der Waals surface area contributed by atoms with Crippen LogP contribution in [0.4, 0.5) is 16.2 Å². The van der Waals surface area contributed by atoms with Crippen molar-refractivity contribution in [2.24, 2.45) is 0 Å². The minimum atomic E-state index is -0.290. The van der Waals surface area contributed by atoms with Gasteiger partial charge in [0.1, 0.15) is 5.75 Å². The highest BCUT2D eigenvalue weighted by molar-refractivity contribution is 5.91. The first-order valence-electron chi connectivity index (χ1n) is 9.44. The molecular formula is C21H26N4O3. The number of nitrogens with one attached hydrogen (secondary N) is 3. The predicted octanol–water partition coefficient (Wildman–Crippen LogP) is 2.65. The fourth-order valence-electron chi connectivity index (χ4n) is 3.04. The van der Waals surface area contributed by atoms with Crippen LogP contribution in [0.2, 0.25) is 0 Å². The molecule has 148 valence electrons. The summed E-state index contributed by atoms with van der Waals surface area (Å²) in [5.74, 6) is 0.698. The Kier molecular flexibility index (Phi) is 6.37. The van der Waals surface area contributed by atoms with Crippen molar-refractivity contribution in [2.45, 2.75) is 20.4 Å². The van der Waals surface area contributed by atoms with E-state index in [0.717, 1.165) is 23.4 Å². The van der Waals surface area contributed by atoms with Crippen LogP contribution in [0.25, 0.3) is 0 Å². The summed E-state index contributed by atoms with van der Waals surface area (Å²) < 4.78 is 5.58. The highest BCUT2D eigenvalue weighted by Gasteiger charge is 2.16. The largest absolute Gasteiger partial charge is 0.492 e. The van der Waals surface area contributed by atoms with Crippen molar-refractivity contribution in [3.8, 4) is 5.75 Å². The summed E-state index contributed by atoms with van der Waals surface area (Å²) >= 11 is 0. The fourth-order valence-corrected chi connectivity index (χ4v) is 3.04. The maximum atomic E-state index is 12.2. The molecule has 28 heavy (non-hydrogen) atoms. The zero-order valence-electron chi connectivity index (χ0n) is 16.2. The lowest BCUT2D eigenvalue weighted by molar-refractivity contribution is -0.120. The van der Waals surface area contributed by atoms with Crippen LogP contribution in [0.1, 0.15) is 18.1 Å². The third kappa shape index (κ3) is 5.16. The lowest BCUT2D eigenvalue weighted by Gasteiger charge is -2.28. The molecule has 0 atom stereocenters. The molecule has 0 saturated carbocycles. The van der Waals surface area contributed by atoms with Crippen LogP contribution in [0, 0.1) is 6.92 Å². The van der Waals surface area contributed by atoms with Crippen molar-refractivity contribution in [2.75, 3.05) is 36.5 Å². The molecule has 2 aromatic rings. The first-order chi connectivity index (χ1) is 13.5. The molecule has 1 aliphatic rings. The molecule has 1 fully saturated rings. The second kappa shape index (κ2) is 9.12. The van der Waals surface area contributed by atoms with Crippen LogP contribution in [-0.2, 0) is 11.3 Å². The quantitative estimate of drug-likeness (QED) is 0.717. The zero-order valence-corrected chi connectivity index (χ0v) is 16.2. The lowest BCUT2D eigenvalue weighted by atomic mass is 10.2. The second-order valence-corrected chi connectivity index (χ2v) is 6.68. The molecule has 7 nitrogen and oxygen atoms in total. The van der Waals surface area contributed by atoms with Gasteiger partial charge >= 0.3 is 6.03 Å². The lowest BCUT2D eigenvalue weighted by Crippen LogP contribution is -2.47. The van der Waals surface area contributed by atoms with Gasteiger partial charge in [0, 0.05) is 25.3 Å². The third-order valence-corrected chi connectivity index (χ3v) is 4.48. The molecule has 3 amide bonds. The maximum absolute atomic E-state index is 12.2. The van der Waals surface area contributed by atoms with Crippen molar-refractivity contribution >= 4 is 23.3 Å². The molecule has 0 bridgehead atoms. The van der Waals surface area contributed by atoms with Gasteiger partial charge in [-0.2, -0.15) is 0 Å². The summed E-state index contributed by atoms with van der Waals surface area (Å²) in [5.41, 5.74) is 3.70. The molecule has 1 heterocycles. The molecule has 0 unspecified atom stereocenters. The summed E-state index contributed by atoms with van der Waals surface area (Å²) in [5, 5.41) is 8.50. The van der Waals surface area contributed by atoms with Gasteiger partial charge in [0.05, 0.1) is 18.8 Å². The van der Waals surface area contributed by atoms with Crippen molar-refractivity contribution < 1.29 is 14.3 Å². The normalized spacial score (nSPS) is 13.6. The summed E-state index contributed by atoms with van der Waals surface area (Å²) in [6.45, 7) is 6.65. The van der Waals surface area contributed by atoms with Crippen molar-refractivity contribution in [3.63, 3.8) is 0 Å². The Balaban J connectivity index is 1.54. The number of hydrogen-bond acceptors (Lipinski definition) is 4. The van der Waals surface area contributed by atoms with Gasteiger partial charge in [0.25, 0.3) is 0 Å². The van der Waals surface area contributed by atoms with Crippen LogP contribution in [0.15, 0.2) is 42.5 Å². The summed E-state index contributed by atoms with van der Waals surface area (Å²) in [4.78, 5) is 25.8. The Hall–Kier alpha value is -3.22. The van der Waals surface area contributed by atoms with Crippen molar-refractivity contribution in [1.82, 2.24) is 10.6 Å². The summed E-state index contributed by atoms with van der Waals surface area (Å²) in [7, 11) is 0. The number of ether oxygens (including phenoxy) is 1. The molecule has 0 aliphatic carbocycles. The number of hydrogen-bond donors (Lipinski definition) is 3. The molecule has 7 heteroatoms. The third-order valence-electron chi connectivity index (χ3n) is 4.48. The van der Waals surface area contributed by atoms with E-state index in [-0.39, 0.29) is 11.9 Å². The summed E-state index contributed by atoms with van der Waals surface area (Å²) in [6, 6.07) is 13.2. The first-order valence-corrected chi connectivity index (χ1v) is 9.44. The molecule has 0 aromatic heterocycles. The standard InChI is InChI=1S/C21H26N4O3/c1-3-28-19-12-15(2)4-9-18(19)24-21(27)23-13-16-5-7-17(8-6-16)25-11-10-22-20(26)14-25/h4-9,12H,3,10-11,13-14H2,1-2H3,(H,22,26)(H2,23,24,27). The Labute approximate surface area is 165 Å². The van der Waals surface area contributed by atoms with E-state index in [1.165, 1.54) is 0 Å². The van der Waals surface area contributed by atoms with Crippen LogP contribution in [0.5, 0.6) is 5.75 Å². The number of anilines is 2. The number of aryl methyl sites for hydroxylation is 1. The number of carbonyl (C=O) groups is 2. The van der Waals surface area contributed by atoms with Crippen LogP contribution in [0.3, 0.4) is 0 Å². The van der Waals surface area contributed by atoms with Gasteiger partial charge in [0.15, 0.2) is 0 Å². The molecule has 1 aliphatic heterocycles. The van der Waals surface area contributed by atoms with E-state index >= 15 is 0 Å². The molecular weight excluding hydrogens is 356 g/mol. The molecule has 1 saturated heterocycles. The highest BCUT2D eigenvalue weighted by atomic mass is 16.5. The van der Waals surface area contributed by atoms with Gasteiger partial charge in [-0.1, -0.05) is 18.2 Å². The molecule has 0 spiro atoms. The van der Waals surface area contributed by atoms with Gasteiger partial charge in [0.2, 0.25) is 5.91 Å². The monoisotopic (exact) mass is 382 g/mol. The number of rotatable bonds is 6. The Bertz CT molecular complexity index is 836. The minimum Gasteiger partial charge on any atom is -0.492 e. The van der Waals surface area contributed by atoms with Gasteiger partial charge in [-0.15, -0.1) is 0 Å². The summed E-state index contributed by atoms with van der Waals surface area (Å²) in [6.07, 6.45) is 0. The van der Waals surface area contributed by atoms with Crippen molar-refractivity contribution in [1.29, 1.82) is 0 Å². The second-order valence-electron chi connectivity index (χ2n) is 6.68. The van der Waals surface area contributed by atoms with E-state index in [1.54, 1.807) is 0 Å². The van der Waals surface area contributed by atoms with Gasteiger partial charge in [-0.05, 0) is 49.2 Å². The van der Waals surface area contributed by atoms with E-state index in [4.69, 9.17) is 4.74 Å². The van der Waals surface area contributed by atoms with Crippen LogP contribution in [-0.4, -0.2) is 38.2 Å². The van der Waals surface area contributed by atoms with E-state index in [2.05, 4.69) is 16.0 Å². The van der Waals surface area contributed by atoms with Gasteiger partial charge in [-0.3, -0.25) is 4.79 Å². The van der Waals surface area contributed by atoms with E-state index < -0.39 is 0 Å². The van der Waals surface area contributed by atoms with Gasteiger partial charge < -0.3 is 25.6 Å². The average Bonchev–Trinajstić information content (AvgIpc) is 2.69. The fraction of sp³-hybridized carbons (Fsp3) is 0.333. The number of amides is 3. The average molecular weight is 382 g/mol. The molecule has 0 radical (unpaired) electrons. The highest BCUT2D eigenvalue weighted by Crippen LogP contribution is 2.25. The number of carbonyl (C=O) groups excluding carboxylic acids is 2.